The Balaban J connectivity index is 2.16. The summed E-state index contributed by atoms with van der Waals surface area (Å²) in [6.45, 7) is 0. The highest BCUT2D eigenvalue weighted by molar-refractivity contribution is 5.91. The zero-order valence-electron chi connectivity index (χ0n) is 8.01. The Morgan fingerprint density at radius 3 is 3.13 bits per heavy atom. The molecule has 0 aromatic heterocycles. The number of aromatic carboxylic acids is 1. The fourth-order valence-electron chi connectivity index (χ4n) is 2.32. The molecule has 0 bridgehead atoms. The Hall–Kier alpha value is -1.77. The lowest BCUT2D eigenvalue weighted by molar-refractivity contribution is 0.0691. The fraction of sp³-hybridized carbons (Fsp3) is 0.250. The van der Waals surface area contributed by atoms with Gasteiger partial charge in [-0.15, -0.1) is 0 Å². The van der Waals surface area contributed by atoms with Gasteiger partial charge in [-0.25, -0.2) is 4.79 Å². The van der Waals surface area contributed by atoms with Crippen LogP contribution in [0.1, 0.15) is 28.3 Å². The Kier molecular flexibility index (Phi) is 1.63. The predicted octanol–water partition coefficient (Wildman–Crippen LogP) is 2.19. The van der Waals surface area contributed by atoms with Crippen LogP contribution in [0.2, 0.25) is 0 Å². The van der Waals surface area contributed by atoms with Gasteiger partial charge in [0.15, 0.2) is 0 Å². The minimum atomic E-state index is -0.921. The molecule has 0 amide bonds. The number of carboxylic acid groups (broad SMARTS) is 1. The highest BCUT2D eigenvalue weighted by Gasteiger charge is 2.36. The van der Waals surface area contributed by atoms with Crippen LogP contribution in [-0.4, -0.2) is 17.2 Å². The Bertz CT molecular complexity index is 462. The van der Waals surface area contributed by atoms with Crippen molar-refractivity contribution in [3.05, 3.63) is 41.5 Å². The van der Waals surface area contributed by atoms with Crippen molar-refractivity contribution in [2.75, 3.05) is 0 Å². The first kappa shape index (κ1) is 8.53. The quantitative estimate of drug-likeness (QED) is 0.710. The molecule has 0 spiro atoms. The van der Waals surface area contributed by atoms with E-state index in [9.17, 15) is 4.79 Å². The molecule has 1 aliphatic carbocycles. The number of ether oxygens (including phenoxy) is 1. The van der Waals surface area contributed by atoms with E-state index in [4.69, 9.17) is 9.84 Å². The number of para-hydroxylation sites is 1. The molecule has 0 radical (unpaired) electrons. The maximum absolute atomic E-state index is 11.0. The highest BCUT2D eigenvalue weighted by atomic mass is 16.5. The molecule has 0 saturated carbocycles. The van der Waals surface area contributed by atoms with Crippen LogP contribution < -0.4 is 4.74 Å². The molecule has 1 aliphatic heterocycles. The molecule has 1 aromatic rings. The summed E-state index contributed by atoms with van der Waals surface area (Å²) in [7, 11) is 0. The number of benzene rings is 1. The zero-order chi connectivity index (χ0) is 10.4. The van der Waals surface area contributed by atoms with E-state index < -0.39 is 5.97 Å². The number of rotatable bonds is 1. The minimum Gasteiger partial charge on any atom is -0.488 e. The lowest BCUT2D eigenvalue weighted by Gasteiger charge is -2.08. The monoisotopic (exact) mass is 202 g/mol. The van der Waals surface area contributed by atoms with Crippen LogP contribution >= 0.6 is 0 Å². The number of fused-ring (bicyclic) bond motifs is 3. The van der Waals surface area contributed by atoms with E-state index in [1.807, 2.05) is 6.07 Å². The maximum Gasteiger partial charge on any atom is 0.339 e. The first-order valence-electron chi connectivity index (χ1n) is 4.97. The Labute approximate surface area is 87.0 Å². The number of hydrogen-bond donors (Lipinski definition) is 1. The maximum atomic E-state index is 11.0. The van der Waals surface area contributed by atoms with Gasteiger partial charge in [-0.3, -0.25) is 0 Å². The zero-order valence-corrected chi connectivity index (χ0v) is 8.01. The van der Waals surface area contributed by atoms with E-state index in [0.29, 0.717) is 5.75 Å². The highest BCUT2D eigenvalue weighted by Crippen LogP contribution is 2.45. The summed E-state index contributed by atoms with van der Waals surface area (Å²) in [5, 5.41) is 9.01. The standard InChI is InChI=1S/C12H10O3/c13-12(14)9-5-1-4-8-7-3-2-6-10(7)15-11(8)9/h1-5,7,10H,6H2,(H,13,14)/t7-,10-/m1/s1. The second-order valence-corrected chi connectivity index (χ2v) is 3.88. The van der Waals surface area contributed by atoms with Gasteiger partial charge in [0.05, 0.1) is 0 Å². The molecule has 3 heteroatoms. The van der Waals surface area contributed by atoms with Gasteiger partial charge >= 0.3 is 5.97 Å². The third-order valence-electron chi connectivity index (χ3n) is 3.02. The molecular formula is C12H10O3. The molecule has 1 N–H and O–H groups in total. The van der Waals surface area contributed by atoms with E-state index in [0.717, 1.165) is 12.0 Å². The van der Waals surface area contributed by atoms with Crippen molar-refractivity contribution in [2.45, 2.75) is 18.4 Å². The summed E-state index contributed by atoms with van der Waals surface area (Å²) in [4.78, 5) is 11.0. The molecule has 15 heavy (non-hydrogen) atoms. The van der Waals surface area contributed by atoms with Gasteiger partial charge in [0.1, 0.15) is 17.4 Å². The summed E-state index contributed by atoms with van der Waals surface area (Å²) < 4.78 is 5.68. The molecule has 1 aromatic carbocycles. The molecule has 3 nitrogen and oxygen atoms in total. The lowest BCUT2D eigenvalue weighted by atomic mass is 9.97. The van der Waals surface area contributed by atoms with E-state index >= 15 is 0 Å². The van der Waals surface area contributed by atoms with Crippen LogP contribution in [0.5, 0.6) is 5.75 Å². The summed E-state index contributed by atoms with van der Waals surface area (Å²) in [5.74, 6) is -0.112. The van der Waals surface area contributed by atoms with Crippen LogP contribution in [-0.2, 0) is 0 Å². The molecule has 2 atom stereocenters. The smallest absolute Gasteiger partial charge is 0.339 e. The van der Waals surface area contributed by atoms with E-state index in [1.165, 1.54) is 0 Å². The summed E-state index contributed by atoms with van der Waals surface area (Å²) >= 11 is 0. The molecule has 0 fully saturated rings. The van der Waals surface area contributed by atoms with Crippen molar-refractivity contribution >= 4 is 5.97 Å². The van der Waals surface area contributed by atoms with Gasteiger partial charge in [0.25, 0.3) is 0 Å². The summed E-state index contributed by atoms with van der Waals surface area (Å²) in [6, 6.07) is 5.31. The number of carboxylic acids is 1. The van der Waals surface area contributed by atoms with Crippen LogP contribution in [0.15, 0.2) is 30.4 Å². The first-order valence-corrected chi connectivity index (χ1v) is 4.97. The van der Waals surface area contributed by atoms with E-state index in [1.54, 1.807) is 12.1 Å². The molecule has 2 aliphatic rings. The molecule has 1 heterocycles. The van der Waals surface area contributed by atoms with Crippen molar-refractivity contribution in [3.8, 4) is 5.75 Å². The Morgan fingerprint density at radius 2 is 2.33 bits per heavy atom. The van der Waals surface area contributed by atoms with Crippen molar-refractivity contribution in [3.63, 3.8) is 0 Å². The number of carbonyl (C=O) groups is 1. The SMILES string of the molecule is O=C(O)c1cccc2c1O[C@@H]1CC=C[C@H]21. The molecule has 0 unspecified atom stereocenters. The van der Waals surface area contributed by atoms with Crippen molar-refractivity contribution in [2.24, 2.45) is 0 Å². The summed E-state index contributed by atoms with van der Waals surface area (Å²) in [5.41, 5.74) is 1.28. The molecule has 76 valence electrons. The number of hydrogen-bond acceptors (Lipinski definition) is 2. The van der Waals surface area contributed by atoms with Gasteiger partial charge in [-0.05, 0) is 6.07 Å². The average molecular weight is 202 g/mol. The minimum absolute atomic E-state index is 0.112. The summed E-state index contributed by atoms with van der Waals surface area (Å²) in [6.07, 6.45) is 5.17. The van der Waals surface area contributed by atoms with Crippen molar-refractivity contribution in [1.82, 2.24) is 0 Å². The topological polar surface area (TPSA) is 46.5 Å². The van der Waals surface area contributed by atoms with Gasteiger partial charge in [0, 0.05) is 17.9 Å². The van der Waals surface area contributed by atoms with Gasteiger partial charge in [-0.2, -0.15) is 0 Å². The van der Waals surface area contributed by atoms with E-state index in [2.05, 4.69) is 12.2 Å². The third kappa shape index (κ3) is 1.09. The average Bonchev–Trinajstić information content (AvgIpc) is 2.75. The van der Waals surface area contributed by atoms with Crippen LogP contribution in [0.4, 0.5) is 0 Å². The third-order valence-corrected chi connectivity index (χ3v) is 3.02. The van der Waals surface area contributed by atoms with Crippen LogP contribution in [0.25, 0.3) is 0 Å². The van der Waals surface area contributed by atoms with Gasteiger partial charge in [-0.1, -0.05) is 24.3 Å². The van der Waals surface area contributed by atoms with Crippen LogP contribution in [0.3, 0.4) is 0 Å². The molecule has 0 saturated heterocycles. The Morgan fingerprint density at radius 1 is 1.47 bits per heavy atom. The lowest BCUT2D eigenvalue weighted by Crippen LogP contribution is -2.12. The van der Waals surface area contributed by atoms with Crippen LogP contribution in [0, 0.1) is 0 Å². The molecule has 3 rings (SSSR count). The largest absolute Gasteiger partial charge is 0.488 e. The second kappa shape index (κ2) is 2.86. The van der Waals surface area contributed by atoms with Crippen molar-refractivity contribution < 1.29 is 14.6 Å². The van der Waals surface area contributed by atoms with Gasteiger partial charge in [0.2, 0.25) is 0 Å². The normalized spacial score (nSPS) is 25.9. The first-order chi connectivity index (χ1) is 7.27. The van der Waals surface area contributed by atoms with Crippen molar-refractivity contribution in [1.29, 1.82) is 0 Å². The molecular weight excluding hydrogens is 192 g/mol. The predicted molar refractivity (Wildman–Crippen MR) is 54.3 cm³/mol. The second-order valence-electron chi connectivity index (χ2n) is 3.88. The van der Waals surface area contributed by atoms with Gasteiger partial charge < -0.3 is 9.84 Å². The van der Waals surface area contributed by atoms with E-state index in [-0.39, 0.29) is 17.6 Å². The fourth-order valence-corrected chi connectivity index (χ4v) is 2.32.